The van der Waals surface area contributed by atoms with Crippen LogP contribution in [-0.2, 0) is 6.54 Å². The number of piperazine rings is 1. The Labute approximate surface area is 147 Å². The Morgan fingerprint density at radius 1 is 1.00 bits per heavy atom. The van der Waals surface area contributed by atoms with E-state index in [1.165, 1.54) is 6.42 Å². The summed E-state index contributed by atoms with van der Waals surface area (Å²) in [5.74, 6) is 0.845. The molecule has 0 aliphatic carbocycles. The highest BCUT2D eigenvalue weighted by atomic mass is 35.5. The standard InChI is InChI=1S/C15H21ClN6.ClH/c16-14-12-19-22(13-14)7-2-1-6-20-8-10-21(11-9-20)15-17-4-3-5-18-15;/h3-5,12-13H,1-2,6-11H2;1H. The summed E-state index contributed by atoms with van der Waals surface area (Å²) in [4.78, 5) is 13.4. The lowest BCUT2D eigenvalue weighted by Gasteiger charge is -2.34. The van der Waals surface area contributed by atoms with Gasteiger partial charge in [-0.2, -0.15) is 5.10 Å². The molecule has 126 valence electrons. The quantitative estimate of drug-likeness (QED) is 0.743. The summed E-state index contributed by atoms with van der Waals surface area (Å²) in [7, 11) is 0. The molecule has 2 aromatic rings. The number of rotatable bonds is 6. The fourth-order valence-electron chi connectivity index (χ4n) is 2.70. The summed E-state index contributed by atoms with van der Waals surface area (Å²) in [5, 5.41) is 4.90. The predicted molar refractivity (Wildman–Crippen MR) is 94.4 cm³/mol. The average molecular weight is 357 g/mol. The van der Waals surface area contributed by atoms with Crippen LogP contribution in [0.2, 0.25) is 5.02 Å². The van der Waals surface area contributed by atoms with E-state index in [0.717, 1.165) is 51.6 Å². The number of nitrogens with zero attached hydrogens (tertiary/aromatic N) is 6. The maximum absolute atomic E-state index is 5.85. The highest BCUT2D eigenvalue weighted by Crippen LogP contribution is 2.10. The van der Waals surface area contributed by atoms with E-state index in [2.05, 4.69) is 24.9 Å². The molecule has 1 aliphatic heterocycles. The van der Waals surface area contributed by atoms with E-state index in [0.29, 0.717) is 5.02 Å². The molecular formula is C15H22Cl2N6. The van der Waals surface area contributed by atoms with E-state index >= 15 is 0 Å². The first-order chi connectivity index (χ1) is 10.8. The molecule has 0 atom stereocenters. The van der Waals surface area contributed by atoms with E-state index in [1.807, 2.05) is 16.9 Å². The zero-order valence-corrected chi connectivity index (χ0v) is 14.6. The zero-order valence-electron chi connectivity index (χ0n) is 13.0. The largest absolute Gasteiger partial charge is 0.338 e. The summed E-state index contributed by atoms with van der Waals surface area (Å²) in [5.41, 5.74) is 0. The average Bonchev–Trinajstić information content (AvgIpc) is 2.98. The second-order valence-corrected chi connectivity index (χ2v) is 5.94. The van der Waals surface area contributed by atoms with E-state index in [4.69, 9.17) is 11.6 Å². The predicted octanol–water partition coefficient (Wildman–Crippen LogP) is 2.35. The van der Waals surface area contributed by atoms with Gasteiger partial charge in [-0.1, -0.05) is 11.6 Å². The second kappa shape index (κ2) is 9.05. The molecule has 0 saturated carbocycles. The van der Waals surface area contributed by atoms with Crippen LogP contribution < -0.4 is 4.90 Å². The molecule has 0 N–H and O–H groups in total. The number of unbranched alkanes of at least 4 members (excludes halogenated alkanes) is 1. The van der Waals surface area contributed by atoms with Crippen molar-refractivity contribution in [3.63, 3.8) is 0 Å². The maximum Gasteiger partial charge on any atom is 0.225 e. The molecule has 1 fully saturated rings. The first-order valence-electron chi connectivity index (χ1n) is 7.73. The third-order valence-corrected chi connectivity index (χ3v) is 4.12. The van der Waals surface area contributed by atoms with Crippen LogP contribution in [0.3, 0.4) is 0 Å². The first kappa shape index (κ1) is 18.0. The molecule has 0 bridgehead atoms. The molecule has 2 aromatic heterocycles. The lowest BCUT2D eigenvalue weighted by Crippen LogP contribution is -2.47. The van der Waals surface area contributed by atoms with Gasteiger partial charge in [-0.25, -0.2) is 9.97 Å². The summed E-state index contributed by atoms with van der Waals surface area (Å²) in [6.07, 6.45) is 9.47. The molecule has 0 spiro atoms. The smallest absolute Gasteiger partial charge is 0.225 e. The minimum absolute atomic E-state index is 0. The van der Waals surface area contributed by atoms with Crippen LogP contribution in [0, 0.1) is 0 Å². The zero-order chi connectivity index (χ0) is 15.2. The van der Waals surface area contributed by atoms with Crippen molar-refractivity contribution in [2.75, 3.05) is 37.6 Å². The van der Waals surface area contributed by atoms with Crippen molar-refractivity contribution in [2.24, 2.45) is 0 Å². The Balaban J connectivity index is 0.00000192. The molecule has 0 aromatic carbocycles. The van der Waals surface area contributed by atoms with Gasteiger partial charge < -0.3 is 4.90 Å². The Morgan fingerprint density at radius 2 is 1.70 bits per heavy atom. The van der Waals surface area contributed by atoms with Gasteiger partial charge in [0.25, 0.3) is 0 Å². The van der Waals surface area contributed by atoms with Crippen molar-refractivity contribution in [3.8, 4) is 0 Å². The van der Waals surface area contributed by atoms with Gasteiger partial charge >= 0.3 is 0 Å². The molecule has 0 unspecified atom stereocenters. The van der Waals surface area contributed by atoms with E-state index < -0.39 is 0 Å². The van der Waals surface area contributed by atoms with E-state index in [1.54, 1.807) is 18.6 Å². The number of hydrogen-bond acceptors (Lipinski definition) is 5. The third kappa shape index (κ3) is 5.34. The minimum Gasteiger partial charge on any atom is -0.338 e. The third-order valence-electron chi connectivity index (χ3n) is 3.92. The van der Waals surface area contributed by atoms with Crippen LogP contribution in [0.1, 0.15) is 12.8 Å². The molecule has 1 aliphatic rings. The van der Waals surface area contributed by atoms with Gasteiger partial charge in [-0.3, -0.25) is 9.58 Å². The Kier molecular flexibility index (Phi) is 7.08. The van der Waals surface area contributed by atoms with Crippen molar-refractivity contribution in [1.29, 1.82) is 0 Å². The molecule has 8 heteroatoms. The molecule has 3 heterocycles. The Hall–Kier alpha value is -1.37. The molecule has 0 radical (unpaired) electrons. The van der Waals surface area contributed by atoms with Gasteiger partial charge in [0.2, 0.25) is 5.95 Å². The molecule has 23 heavy (non-hydrogen) atoms. The minimum atomic E-state index is 0. The normalized spacial score (nSPS) is 15.4. The highest BCUT2D eigenvalue weighted by Gasteiger charge is 2.17. The maximum atomic E-state index is 5.85. The summed E-state index contributed by atoms with van der Waals surface area (Å²) in [6, 6.07) is 1.85. The van der Waals surface area contributed by atoms with Crippen LogP contribution in [0.25, 0.3) is 0 Å². The van der Waals surface area contributed by atoms with Crippen LogP contribution >= 0.6 is 24.0 Å². The number of aryl methyl sites for hydroxylation is 1. The van der Waals surface area contributed by atoms with Gasteiger partial charge in [0.1, 0.15) is 0 Å². The number of halogens is 2. The monoisotopic (exact) mass is 356 g/mol. The second-order valence-electron chi connectivity index (χ2n) is 5.51. The summed E-state index contributed by atoms with van der Waals surface area (Å²) < 4.78 is 1.91. The fraction of sp³-hybridized carbons (Fsp3) is 0.533. The molecule has 3 rings (SSSR count). The molecule has 6 nitrogen and oxygen atoms in total. The van der Waals surface area contributed by atoms with Crippen molar-refractivity contribution < 1.29 is 0 Å². The Morgan fingerprint density at radius 3 is 2.35 bits per heavy atom. The van der Waals surface area contributed by atoms with Crippen LogP contribution in [0.15, 0.2) is 30.9 Å². The van der Waals surface area contributed by atoms with Gasteiger partial charge in [-0.05, 0) is 25.5 Å². The first-order valence-corrected chi connectivity index (χ1v) is 8.11. The topological polar surface area (TPSA) is 50.1 Å². The number of anilines is 1. The van der Waals surface area contributed by atoms with Crippen molar-refractivity contribution in [2.45, 2.75) is 19.4 Å². The number of hydrogen-bond donors (Lipinski definition) is 0. The lowest BCUT2D eigenvalue weighted by molar-refractivity contribution is 0.249. The van der Waals surface area contributed by atoms with Crippen LogP contribution in [0.4, 0.5) is 5.95 Å². The number of aromatic nitrogens is 4. The van der Waals surface area contributed by atoms with Crippen molar-refractivity contribution in [1.82, 2.24) is 24.6 Å². The summed E-state index contributed by atoms with van der Waals surface area (Å²) in [6.45, 7) is 6.22. The van der Waals surface area contributed by atoms with E-state index in [-0.39, 0.29) is 12.4 Å². The van der Waals surface area contributed by atoms with Crippen LogP contribution in [-0.4, -0.2) is 57.4 Å². The van der Waals surface area contributed by atoms with Gasteiger partial charge in [0, 0.05) is 51.3 Å². The SMILES string of the molecule is Cl.Clc1cnn(CCCCN2CCN(c3ncccn3)CC2)c1. The van der Waals surface area contributed by atoms with E-state index in [9.17, 15) is 0 Å². The summed E-state index contributed by atoms with van der Waals surface area (Å²) >= 11 is 5.85. The molecule has 1 saturated heterocycles. The fourth-order valence-corrected chi connectivity index (χ4v) is 2.85. The van der Waals surface area contributed by atoms with Crippen LogP contribution in [0.5, 0.6) is 0 Å². The van der Waals surface area contributed by atoms with Gasteiger partial charge in [-0.15, -0.1) is 12.4 Å². The lowest BCUT2D eigenvalue weighted by atomic mass is 10.2. The highest BCUT2D eigenvalue weighted by molar-refractivity contribution is 6.30. The van der Waals surface area contributed by atoms with Crippen molar-refractivity contribution in [3.05, 3.63) is 35.9 Å². The Bertz CT molecular complexity index is 568. The molecular weight excluding hydrogens is 335 g/mol. The molecule has 0 amide bonds. The van der Waals surface area contributed by atoms with Crippen molar-refractivity contribution >= 4 is 30.0 Å². The van der Waals surface area contributed by atoms with Gasteiger partial charge in [0.05, 0.1) is 11.2 Å². The van der Waals surface area contributed by atoms with Gasteiger partial charge in [0.15, 0.2) is 0 Å².